The monoisotopic (exact) mass is 864 g/mol. The predicted octanol–water partition coefficient (Wildman–Crippen LogP) is 6.28. The summed E-state index contributed by atoms with van der Waals surface area (Å²) in [7, 11) is 4.19. The number of nitrogens with one attached hydrogen (secondary N) is 3. The first-order chi connectivity index (χ1) is 27.7. The number of carbonyl (C=O) groups excluding carboxylic acids is 6. The summed E-state index contributed by atoms with van der Waals surface area (Å²) in [5, 5.41) is 5.50. The number of anilines is 1. The number of nitrogens with zero attached hydrogens (tertiary/aromatic N) is 1. The van der Waals surface area contributed by atoms with E-state index < -0.39 is 53.9 Å². The van der Waals surface area contributed by atoms with Gasteiger partial charge in [-0.1, -0.05) is 102 Å². The van der Waals surface area contributed by atoms with Gasteiger partial charge in [-0.25, -0.2) is 17.5 Å². The molecule has 5 amide bonds. The van der Waals surface area contributed by atoms with Crippen LogP contribution in [0.2, 0.25) is 5.02 Å². The molecule has 0 bridgehead atoms. The number of hydrazine groups is 1. The van der Waals surface area contributed by atoms with Crippen molar-refractivity contribution >= 4 is 72.9 Å². The molecule has 0 aliphatic heterocycles. The van der Waals surface area contributed by atoms with Gasteiger partial charge in [0.25, 0.3) is 11.8 Å². The second-order valence-electron chi connectivity index (χ2n) is 12.6. The van der Waals surface area contributed by atoms with Gasteiger partial charge in [0.1, 0.15) is 12.6 Å². The Balaban J connectivity index is 0. The van der Waals surface area contributed by atoms with E-state index in [1.807, 2.05) is 13.8 Å². The Morgan fingerprint density at radius 2 is 1.53 bits per heavy atom. The van der Waals surface area contributed by atoms with Crippen molar-refractivity contribution in [2.24, 2.45) is 11.1 Å². The minimum absolute atomic E-state index is 0.0356. The number of benzene rings is 3. The minimum atomic E-state index is -4.71. The van der Waals surface area contributed by atoms with Crippen LogP contribution in [0.4, 0.5) is 18.9 Å². The molecule has 0 heterocycles. The highest BCUT2D eigenvalue weighted by Gasteiger charge is 2.32. The number of nitrogens with two attached hydrogens (primary N) is 2. The predicted molar refractivity (Wildman–Crippen MR) is 228 cm³/mol. The van der Waals surface area contributed by atoms with Gasteiger partial charge in [-0.2, -0.15) is 13.2 Å². The van der Waals surface area contributed by atoms with Gasteiger partial charge in [0, 0.05) is 24.3 Å². The Morgan fingerprint density at radius 1 is 0.932 bits per heavy atom. The van der Waals surface area contributed by atoms with Crippen molar-refractivity contribution in [3.8, 4) is 0 Å². The van der Waals surface area contributed by atoms with E-state index in [9.17, 15) is 41.9 Å². The summed E-state index contributed by atoms with van der Waals surface area (Å²) >= 11 is 8.65. The van der Waals surface area contributed by atoms with Crippen LogP contribution in [0.25, 0.3) is 0 Å². The zero-order valence-electron chi connectivity index (χ0n) is 34.1. The summed E-state index contributed by atoms with van der Waals surface area (Å²) in [5.41, 5.74) is 13.3. The number of rotatable bonds is 12. The molecule has 7 N–H and O–H groups in total. The highest BCUT2D eigenvalue weighted by Crippen LogP contribution is 2.31. The number of primary amides is 1. The second-order valence-corrected chi connectivity index (χ2v) is 13.0. The summed E-state index contributed by atoms with van der Waals surface area (Å²) in [6.07, 6.45) is -1.68. The Morgan fingerprint density at radius 3 is 2.02 bits per heavy atom. The Kier molecular flexibility index (Phi) is 28.0. The molecule has 2 radical (unpaired) electrons. The van der Waals surface area contributed by atoms with E-state index in [1.54, 1.807) is 36.4 Å². The third-order valence-corrected chi connectivity index (χ3v) is 7.51. The van der Waals surface area contributed by atoms with Crippen LogP contribution in [-0.4, -0.2) is 61.3 Å². The summed E-state index contributed by atoms with van der Waals surface area (Å²) < 4.78 is 44.1. The van der Waals surface area contributed by atoms with Crippen molar-refractivity contribution in [3.63, 3.8) is 0 Å². The molecule has 1 atom stereocenters. The normalized spacial score (nSPS) is 10.8. The number of nitrogen functional groups attached to an aromatic ring is 1. The molecule has 13 nitrogen and oxygen atoms in total. The average Bonchev–Trinajstić information content (AvgIpc) is 3.20. The van der Waals surface area contributed by atoms with Crippen molar-refractivity contribution < 1.29 is 46.7 Å². The van der Waals surface area contributed by atoms with Crippen LogP contribution in [0.3, 0.4) is 0 Å². The summed E-state index contributed by atoms with van der Waals surface area (Å²) in [5.74, 6) is -4.21. The molecule has 59 heavy (non-hydrogen) atoms. The molecule has 0 fully saturated rings. The standard InChI is InChI=1S/C25H25F3N4O6.C7H7ClN2O.C6H14.C2H6.BHS/c1-2-38-22(36)15-32(21(35)12-11-20(34)29-14-17-7-4-3-5-8-17)31-24(37)23(30-16-33)18-9-6-10-19(13-18)25(26,27)28;8-5-3-4(7(10)11)1-2-6(5)9;1-5-6(2,3)4;2*1-2/h3-13,16,23H,2,14-15H2,1H3,(H,29,34)(H,30,33)(H,31,37);1-3H,9H2,(H2,10,11);5H2,1-4H3;1-2H3;2H/b12-11+;;;;. The number of ether oxygens (including phenoxy) is 1. The topological polar surface area (TPSA) is 203 Å². The number of thiol groups is 1. The molecule has 0 aliphatic rings. The van der Waals surface area contributed by atoms with E-state index in [1.165, 1.54) is 31.5 Å². The molecule has 0 aliphatic carbocycles. The molecule has 0 saturated heterocycles. The Bertz CT molecular complexity index is 1800. The van der Waals surface area contributed by atoms with Gasteiger partial charge < -0.3 is 26.8 Å². The van der Waals surface area contributed by atoms with Gasteiger partial charge in [-0.15, -0.1) is 0 Å². The molecule has 322 valence electrons. The van der Waals surface area contributed by atoms with Crippen molar-refractivity contribution in [1.29, 1.82) is 0 Å². The lowest BCUT2D eigenvalue weighted by Crippen LogP contribution is -2.51. The largest absolute Gasteiger partial charge is 0.465 e. The van der Waals surface area contributed by atoms with Gasteiger partial charge in [-0.05, 0) is 53.8 Å². The van der Waals surface area contributed by atoms with E-state index >= 15 is 0 Å². The van der Waals surface area contributed by atoms with Gasteiger partial charge >= 0.3 is 12.1 Å². The quantitative estimate of drug-likeness (QED) is 0.0232. The summed E-state index contributed by atoms with van der Waals surface area (Å²) in [6.45, 7) is 13.8. The van der Waals surface area contributed by atoms with Crippen LogP contribution >= 0.6 is 24.1 Å². The third kappa shape index (κ3) is 24.1. The minimum Gasteiger partial charge on any atom is -0.465 e. The van der Waals surface area contributed by atoms with Crippen LogP contribution < -0.4 is 27.5 Å². The van der Waals surface area contributed by atoms with E-state index in [0.29, 0.717) is 32.8 Å². The molecule has 3 aromatic carbocycles. The molecule has 3 aromatic rings. The van der Waals surface area contributed by atoms with Crippen molar-refractivity contribution in [2.45, 2.75) is 73.6 Å². The number of hydrogen-bond acceptors (Lipinski definition) is 9. The first-order valence-corrected chi connectivity index (χ1v) is 18.9. The maximum atomic E-state index is 13.1. The first-order valence-electron chi connectivity index (χ1n) is 18.0. The zero-order chi connectivity index (χ0) is 45.8. The summed E-state index contributed by atoms with van der Waals surface area (Å²) in [4.78, 5) is 71.3. The van der Waals surface area contributed by atoms with E-state index in [2.05, 4.69) is 63.4 Å². The van der Waals surface area contributed by atoms with E-state index in [-0.39, 0.29) is 25.1 Å². The maximum Gasteiger partial charge on any atom is 0.416 e. The Hall–Kier alpha value is -5.49. The molecule has 19 heteroatoms. The molecule has 0 aromatic heterocycles. The number of esters is 1. The van der Waals surface area contributed by atoms with Crippen LogP contribution in [-0.2, 0) is 41.4 Å². The molecule has 0 spiro atoms. The highest BCUT2D eigenvalue weighted by atomic mass is 35.5. The van der Waals surface area contributed by atoms with Gasteiger partial charge in [0.2, 0.25) is 18.2 Å². The fraction of sp³-hybridized carbons (Fsp3) is 0.350. The molecule has 0 saturated carbocycles. The van der Waals surface area contributed by atoms with Gasteiger partial charge in [0.05, 0.1) is 22.9 Å². The van der Waals surface area contributed by atoms with Crippen molar-refractivity contribution in [2.75, 3.05) is 18.9 Å². The van der Waals surface area contributed by atoms with Crippen molar-refractivity contribution in [3.05, 3.63) is 112 Å². The smallest absolute Gasteiger partial charge is 0.416 e. The maximum absolute atomic E-state index is 13.1. The second kappa shape index (κ2) is 29.7. The van der Waals surface area contributed by atoms with Crippen LogP contribution in [0.5, 0.6) is 0 Å². The lowest BCUT2D eigenvalue weighted by atomic mass is 9.94. The fourth-order valence-corrected chi connectivity index (χ4v) is 3.93. The number of carbonyl (C=O) groups is 6. The third-order valence-electron chi connectivity index (χ3n) is 7.18. The van der Waals surface area contributed by atoms with Crippen molar-refractivity contribution in [1.82, 2.24) is 21.1 Å². The number of alkyl halides is 3. The van der Waals surface area contributed by atoms with Gasteiger partial charge in [-0.3, -0.25) is 34.2 Å². The lowest BCUT2D eigenvalue weighted by molar-refractivity contribution is -0.151. The summed E-state index contributed by atoms with van der Waals surface area (Å²) in [6, 6.07) is 15.5. The Labute approximate surface area is 355 Å². The SMILES string of the molecule is CC.CCC(C)(C)C.CCOC(=O)CN(NC(=O)C(NC=O)c1cccc(C(F)(F)F)c1)C(=O)/C=C/C(=O)NCc1ccccc1.NC(=O)c1ccc(N)c(Cl)c1.[B]S. The first kappa shape index (κ1) is 55.6. The van der Waals surface area contributed by atoms with Gasteiger partial charge in [0.15, 0.2) is 7.12 Å². The number of halogens is 4. The molecule has 1 unspecified atom stereocenters. The lowest BCUT2D eigenvalue weighted by Gasteiger charge is -2.24. The molecular formula is C40H53BClF3N6O7S. The zero-order valence-corrected chi connectivity index (χ0v) is 35.7. The fourth-order valence-electron chi connectivity index (χ4n) is 3.75. The van der Waals surface area contributed by atoms with Crippen LogP contribution in [0.15, 0.2) is 84.9 Å². The van der Waals surface area contributed by atoms with E-state index in [0.717, 1.165) is 29.8 Å². The molecular weight excluding hydrogens is 812 g/mol. The van der Waals surface area contributed by atoms with E-state index in [4.69, 9.17) is 27.8 Å². The molecule has 3 rings (SSSR count). The number of hydrogen-bond donors (Lipinski definition) is 6. The number of amides is 5. The van der Waals surface area contributed by atoms with Crippen LogP contribution in [0, 0.1) is 5.41 Å². The van der Waals surface area contributed by atoms with Crippen LogP contribution in [0.1, 0.15) is 88.0 Å². The highest BCUT2D eigenvalue weighted by molar-refractivity contribution is 8.03. The average molecular weight is 865 g/mol.